The van der Waals surface area contributed by atoms with E-state index in [1.54, 1.807) is 0 Å². The van der Waals surface area contributed by atoms with Crippen molar-refractivity contribution < 1.29 is 14.6 Å². The van der Waals surface area contributed by atoms with Gasteiger partial charge in [0.2, 0.25) is 0 Å². The van der Waals surface area contributed by atoms with Crippen molar-refractivity contribution in [3.05, 3.63) is 95.1 Å². The average molecular weight is 436 g/mol. The van der Waals surface area contributed by atoms with E-state index >= 15 is 0 Å². The molecule has 0 spiro atoms. The SMILES string of the molecule is O=C(O)Cc1ccccc1Sc1ccc(OCc2ccc3cc(Cl)ccc3n2)cc1. The minimum absolute atomic E-state index is 0.00926. The average Bonchev–Trinajstić information content (AvgIpc) is 2.74. The van der Waals surface area contributed by atoms with Crippen LogP contribution >= 0.6 is 23.4 Å². The van der Waals surface area contributed by atoms with Crippen molar-refractivity contribution in [2.45, 2.75) is 22.8 Å². The summed E-state index contributed by atoms with van der Waals surface area (Å²) in [6.45, 7) is 0.368. The predicted molar refractivity (Wildman–Crippen MR) is 119 cm³/mol. The standard InChI is InChI=1S/C24H18ClNO3S/c25-18-6-12-22-16(13-18)5-7-19(26-22)15-29-20-8-10-21(11-9-20)30-23-4-2-1-3-17(23)14-24(27)28/h1-13H,14-15H2,(H,27,28). The lowest BCUT2D eigenvalue weighted by Crippen LogP contribution is -2.01. The lowest BCUT2D eigenvalue weighted by Gasteiger charge is -2.09. The highest BCUT2D eigenvalue weighted by atomic mass is 35.5. The van der Waals surface area contributed by atoms with Gasteiger partial charge in [0.25, 0.3) is 0 Å². The van der Waals surface area contributed by atoms with Crippen LogP contribution < -0.4 is 4.74 Å². The summed E-state index contributed by atoms with van der Waals surface area (Å²) in [5.41, 5.74) is 2.53. The molecule has 4 nitrogen and oxygen atoms in total. The van der Waals surface area contributed by atoms with E-state index in [0.717, 1.165) is 37.7 Å². The van der Waals surface area contributed by atoms with Crippen LogP contribution in [0.5, 0.6) is 5.75 Å². The Bertz CT molecular complexity index is 1190. The number of hydrogen-bond donors (Lipinski definition) is 1. The van der Waals surface area contributed by atoms with E-state index in [9.17, 15) is 4.79 Å². The van der Waals surface area contributed by atoms with E-state index in [1.165, 1.54) is 11.8 Å². The van der Waals surface area contributed by atoms with Crippen LogP contribution in [0.15, 0.2) is 88.7 Å². The molecule has 0 aliphatic carbocycles. The molecule has 1 aromatic heterocycles. The summed E-state index contributed by atoms with van der Waals surface area (Å²) in [4.78, 5) is 17.6. The maximum absolute atomic E-state index is 11.1. The third-order valence-corrected chi connectivity index (χ3v) is 5.82. The van der Waals surface area contributed by atoms with Gasteiger partial charge < -0.3 is 9.84 Å². The zero-order chi connectivity index (χ0) is 20.9. The zero-order valence-corrected chi connectivity index (χ0v) is 17.5. The minimum atomic E-state index is -0.836. The molecule has 0 unspecified atom stereocenters. The molecule has 3 aromatic carbocycles. The van der Waals surface area contributed by atoms with Crippen LogP contribution in [0, 0.1) is 0 Å². The first-order valence-electron chi connectivity index (χ1n) is 9.32. The Morgan fingerprint density at radius 2 is 1.80 bits per heavy atom. The van der Waals surface area contributed by atoms with E-state index in [-0.39, 0.29) is 6.42 Å². The molecule has 1 N–H and O–H groups in total. The molecule has 1 heterocycles. The number of pyridine rings is 1. The molecular weight excluding hydrogens is 418 g/mol. The van der Waals surface area contributed by atoms with E-state index < -0.39 is 5.97 Å². The number of benzene rings is 3. The lowest BCUT2D eigenvalue weighted by molar-refractivity contribution is -0.136. The molecule has 6 heteroatoms. The molecule has 0 atom stereocenters. The topological polar surface area (TPSA) is 59.4 Å². The highest BCUT2D eigenvalue weighted by Gasteiger charge is 2.08. The number of halogens is 1. The van der Waals surface area contributed by atoms with Gasteiger partial charge in [-0.15, -0.1) is 0 Å². The maximum atomic E-state index is 11.1. The molecule has 0 aliphatic rings. The minimum Gasteiger partial charge on any atom is -0.487 e. The van der Waals surface area contributed by atoms with E-state index in [2.05, 4.69) is 4.98 Å². The Morgan fingerprint density at radius 3 is 2.60 bits per heavy atom. The number of carboxylic acids is 1. The summed E-state index contributed by atoms with van der Waals surface area (Å²) in [6.07, 6.45) is 0.00926. The van der Waals surface area contributed by atoms with Crippen molar-refractivity contribution in [2.24, 2.45) is 0 Å². The molecule has 30 heavy (non-hydrogen) atoms. The Kier molecular flexibility index (Phi) is 6.21. The van der Waals surface area contributed by atoms with E-state index in [4.69, 9.17) is 21.4 Å². The second-order valence-corrected chi connectivity index (χ2v) is 8.23. The number of fused-ring (bicyclic) bond motifs is 1. The third kappa shape index (κ3) is 5.12. The molecule has 0 aliphatic heterocycles. The van der Waals surface area contributed by atoms with E-state index in [0.29, 0.717) is 11.6 Å². The molecule has 0 radical (unpaired) electrons. The van der Waals surface area contributed by atoms with Gasteiger partial charge in [0.05, 0.1) is 17.6 Å². The number of nitrogens with zero attached hydrogens (tertiary/aromatic N) is 1. The molecule has 0 fully saturated rings. The van der Waals surface area contributed by atoms with Crippen molar-refractivity contribution in [3.8, 4) is 5.75 Å². The summed E-state index contributed by atoms with van der Waals surface area (Å²) in [5, 5.41) is 10.8. The lowest BCUT2D eigenvalue weighted by atomic mass is 10.1. The van der Waals surface area contributed by atoms with Crippen molar-refractivity contribution in [3.63, 3.8) is 0 Å². The maximum Gasteiger partial charge on any atom is 0.307 e. The van der Waals surface area contributed by atoms with Crippen LogP contribution in [-0.4, -0.2) is 16.1 Å². The molecular formula is C24H18ClNO3S. The Labute approximate surface area is 183 Å². The van der Waals surface area contributed by atoms with Crippen molar-refractivity contribution in [2.75, 3.05) is 0 Å². The van der Waals surface area contributed by atoms with Gasteiger partial charge in [0.15, 0.2) is 0 Å². The van der Waals surface area contributed by atoms with Gasteiger partial charge in [-0.1, -0.05) is 47.6 Å². The number of hydrogen-bond acceptors (Lipinski definition) is 4. The molecule has 0 saturated carbocycles. The number of carbonyl (C=O) groups is 1. The number of rotatable bonds is 7. The summed E-state index contributed by atoms with van der Waals surface area (Å²) >= 11 is 7.55. The molecule has 0 amide bonds. The first kappa shape index (κ1) is 20.3. The Balaban J connectivity index is 1.41. The molecule has 4 rings (SSSR count). The molecule has 0 saturated heterocycles. The Hall–Kier alpha value is -3.02. The van der Waals surface area contributed by atoms with Gasteiger partial charge in [-0.3, -0.25) is 4.79 Å². The van der Waals surface area contributed by atoms with Crippen LogP contribution in [0.4, 0.5) is 0 Å². The number of carboxylic acid groups (broad SMARTS) is 1. The van der Waals surface area contributed by atoms with Crippen LogP contribution in [0.1, 0.15) is 11.3 Å². The van der Waals surface area contributed by atoms with E-state index in [1.807, 2.05) is 78.9 Å². The highest BCUT2D eigenvalue weighted by molar-refractivity contribution is 7.99. The van der Waals surface area contributed by atoms with Crippen LogP contribution in [0.2, 0.25) is 5.02 Å². The van der Waals surface area contributed by atoms with Gasteiger partial charge in [-0.2, -0.15) is 0 Å². The van der Waals surface area contributed by atoms with Gasteiger partial charge in [0.1, 0.15) is 12.4 Å². The van der Waals surface area contributed by atoms with Crippen molar-refractivity contribution >= 4 is 40.2 Å². The fourth-order valence-corrected chi connectivity index (χ4v) is 4.14. The smallest absolute Gasteiger partial charge is 0.307 e. The van der Waals surface area contributed by atoms with Crippen molar-refractivity contribution in [1.82, 2.24) is 4.98 Å². The molecule has 150 valence electrons. The van der Waals surface area contributed by atoms with Gasteiger partial charge in [0, 0.05) is 20.2 Å². The summed E-state index contributed by atoms with van der Waals surface area (Å²) < 4.78 is 5.87. The number of aromatic nitrogens is 1. The van der Waals surface area contributed by atoms with Gasteiger partial charge in [-0.05, 0) is 60.2 Å². The van der Waals surface area contributed by atoms with Crippen LogP contribution in [-0.2, 0) is 17.8 Å². The molecule has 0 bridgehead atoms. The monoisotopic (exact) mass is 435 g/mol. The second kappa shape index (κ2) is 9.20. The second-order valence-electron chi connectivity index (χ2n) is 6.68. The number of aliphatic carboxylic acids is 1. The summed E-state index contributed by atoms with van der Waals surface area (Å²) in [5.74, 6) is -0.0895. The summed E-state index contributed by atoms with van der Waals surface area (Å²) in [7, 11) is 0. The fraction of sp³-hybridized carbons (Fsp3) is 0.0833. The first-order valence-corrected chi connectivity index (χ1v) is 10.5. The fourth-order valence-electron chi connectivity index (χ4n) is 3.02. The van der Waals surface area contributed by atoms with Crippen LogP contribution in [0.3, 0.4) is 0 Å². The first-order chi connectivity index (χ1) is 14.6. The Morgan fingerprint density at radius 1 is 1.00 bits per heavy atom. The molecule has 4 aromatic rings. The third-order valence-electron chi connectivity index (χ3n) is 4.46. The van der Waals surface area contributed by atoms with Crippen LogP contribution in [0.25, 0.3) is 10.9 Å². The highest BCUT2D eigenvalue weighted by Crippen LogP contribution is 2.32. The number of ether oxygens (including phenoxy) is 1. The normalized spacial score (nSPS) is 10.8. The zero-order valence-electron chi connectivity index (χ0n) is 15.9. The quantitative estimate of drug-likeness (QED) is 0.372. The summed E-state index contributed by atoms with van der Waals surface area (Å²) in [6, 6.07) is 24.8. The predicted octanol–water partition coefficient (Wildman–Crippen LogP) is 6.25. The van der Waals surface area contributed by atoms with Gasteiger partial charge in [-0.25, -0.2) is 4.98 Å². The largest absolute Gasteiger partial charge is 0.487 e. The van der Waals surface area contributed by atoms with Gasteiger partial charge >= 0.3 is 5.97 Å². The van der Waals surface area contributed by atoms with Crippen molar-refractivity contribution in [1.29, 1.82) is 0 Å².